The van der Waals surface area contributed by atoms with Crippen LogP contribution in [0.3, 0.4) is 0 Å². The van der Waals surface area contributed by atoms with Gasteiger partial charge in [0.1, 0.15) is 18.2 Å². The maximum Gasteiger partial charge on any atom is 0.248 e. The number of amides is 2. The van der Waals surface area contributed by atoms with E-state index in [9.17, 15) is 14.0 Å². The molecule has 1 aliphatic rings. The Morgan fingerprint density at radius 2 is 2.00 bits per heavy atom. The van der Waals surface area contributed by atoms with Gasteiger partial charge in [-0.15, -0.1) is 0 Å². The predicted molar refractivity (Wildman–Crippen MR) is 75.3 cm³/mol. The molecule has 0 fully saturated rings. The molecule has 2 N–H and O–H groups in total. The average Bonchev–Trinajstić information content (AvgIpc) is 2.59. The minimum atomic E-state index is -0.716. The first kappa shape index (κ1) is 15.3. The quantitative estimate of drug-likeness (QED) is 0.856. The van der Waals surface area contributed by atoms with E-state index in [4.69, 9.17) is 10.5 Å². The van der Waals surface area contributed by atoms with Gasteiger partial charge in [0, 0.05) is 16.5 Å². The highest BCUT2D eigenvalue weighted by molar-refractivity contribution is 5.93. The number of fused-ring (bicyclic) bond motifs is 1. The Morgan fingerprint density at radius 3 is 2.57 bits per heavy atom. The third kappa shape index (κ3) is 3.15. The molecular weight excluding hydrogens is 275 g/mol. The fraction of sp³-hybridized carbons (Fsp3) is 0.467. The Kier molecular flexibility index (Phi) is 3.89. The van der Waals surface area contributed by atoms with Gasteiger partial charge in [0.05, 0.1) is 13.1 Å². The number of hydrogen-bond donors (Lipinski definition) is 1. The van der Waals surface area contributed by atoms with Crippen LogP contribution < -0.4 is 10.5 Å². The van der Waals surface area contributed by atoms with Crippen LogP contribution in [0.1, 0.15) is 36.7 Å². The van der Waals surface area contributed by atoms with Gasteiger partial charge in [0.2, 0.25) is 11.8 Å². The Labute approximate surface area is 122 Å². The van der Waals surface area contributed by atoms with Gasteiger partial charge in [-0.3, -0.25) is 9.59 Å². The second kappa shape index (κ2) is 5.35. The number of hydrogen-bond acceptors (Lipinski definition) is 3. The summed E-state index contributed by atoms with van der Waals surface area (Å²) in [5.74, 6) is -1.10. The fourth-order valence-corrected chi connectivity index (χ4v) is 2.22. The summed E-state index contributed by atoms with van der Waals surface area (Å²) in [5, 5.41) is 0. The maximum atomic E-state index is 14.2. The van der Waals surface area contributed by atoms with E-state index in [1.54, 1.807) is 4.90 Å². The van der Waals surface area contributed by atoms with E-state index < -0.39 is 17.1 Å². The molecule has 0 saturated carbocycles. The molecule has 0 radical (unpaired) electrons. The molecule has 0 spiro atoms. The highest BCUT2D eigenvalue weighted by Gasteiger charge is 2.30. The van der Waals surface area contributed by atoms with E-state index in [0.717, 1.165) is 6.07 Å². The Balaban J connectivity index is 2.37. The number of ether oxygens (including phenoxy) is 1. The zero-order valence-corrected chi connectivity index (χ0v) is 12.4. The van der Waals surface area contributed by atoms with Crippen molar-refractivity contribution in [3.8, 4) is 5.75 Å². The monoisotopic (exact) mass is 294 g/mol. The number of nitrogens with zero attached hydrogens (tertiary/aromatic N) is 1. The summed E-state index contributed by atoms with van der Waals surface area (Å²) in [7, 11) is 0. The van der Waals surface area contributed by atoms with E-state index in [1.807, 2.05) is 20.8 Å². The molecule has 0 saturated heterocycles. The summed E-state index contributed by atoms with van der Waals surface area (Å²) in [6.07, 6.45) is 0. The van der Waals surface area contributed by atoms with Crippen LogP contribution in [0.15, 0.2) is 12.1 Å². The molecule has 1 heterocycles. The number of carbonyl (C=O) groups is 2. The summed E-state index contributed by atoms with van der Waals surface area (Å²) in [5.41, 5.74) is 4.94. The van der Waals surface area contributed by atoms with Crippen LogP contribution in [-0.2, 0) is 11.3 Å². The molecule has 0 unspecified atom stereocenters. The van der Waals surface area contributed by atoms with Gasteiger partial charge in [-0.05, 0) is 12.1 Å². The normalized spacial score (nSPS) is 15.0. The summed E-state index contributed by atoms with van der Waals surface area (Å²) < 4.78 is 19.7. The lowest BCUT2D eigenvalue weighted by Gasteiger charge is -2.27. The van der Waals surface area contributed by atoms with Crippen LogP contribution in [0.5, 0.6) is 5.75 Å². The zero-order chi connectivity index (χ0) is 15.8. The van der Waals surface area contributed by atoms with Crippen molar-refractivity contribution in [3.63, 3.8) is 0 Å². The molecule has 21 heavy (non-hydrogen) atoms. The standard InChI is InChI=1S/C15H19FN2O3/c1-15(2,3)14(20)18-4-5-21-12-7-9(13(17)19)6-11(16)10(12)8-18/h6-7H,4-5,8H2,1-3H3,(H2,17,19). The van der Waals surface area contributed by atoms with Crippen molar-refractivity contribution >= 4 is 11.8 Å². The molecular formula is C15H19FN2O3. The van der Waals surface area contributed by atoms with Gasteiger partial charge in [-0.2, -0.15) is 0 Å². The molecule has 0 aromatic heterocycles. The maximum absolute atomic E-state index is 14.2. The highest BCUT2D eigenvalue weighted by atomic mass is 19.1. The lowest BCUT2D eigenvalue weighted by Crippen LogP contribution is -2.40. The minimum absolute atomic E-state index is 0.0573. The predicted octanol–water partition coefficient (Wildman–Crippen LogP) is 1.69. The zero-order valence-electron chi connectivity index (χ0n) is 12.4. The lowest BCUT2D eigenvalue weighted by atomic mass is 9.94. The van der Waals surface area contributed by atoms with Crippen LogP contribution in [0.2, 0.25) is 0 Å². The van der Waals surface area contributed by atoms with Crippen molar-refractivity contribution in [1.82, 2.24) is 4.90 Å². The van der Waals surface area contributed by atoms with Gasteiger partial charge in [0.25, 0.3) is 0 Å². The van der Waals surface area contributed by atoms with Crippen LogP contribution in [0.4, 0.5) is 4.39 Å². The number of rotatable bonds is 1. The molecule has 5 nitrogen and oxygen atoms in total. The minimum Gasteiger partial charge on any atom is -0.491 e. The van der Waals surface area contributed by atoms with Crippen molar-refractivity contribution in [2.24, 2.45) is 11.1 Å². The van der Waals surface area contributed by atoms with Crippen LogP contribution in [0.25, 0.3) is 0 Å². The Bertz CT molecular complexity index is 593. The van der Waals surface area contributed by atoms with E-state index in [2.05, 4.69) is 0 Å². The first-order valence-electron chi connectivity index (χ1n) is 6.74. The smallest absolute Gasteiger partial charge is 0.248 e. The Morgan fingerprint density at radius 1 is 1.33 bits per heavy atom. The fourth-order valence-electron chi connectivity index (χ4n) is 2.22. The van der Waals surface area contributed by atoms with Gasteiger partial charge in [-0.1, -0.05) is 20.8 Å². The number of carbonyl (C=O) groups excluding carboxylic acids is 2. The highest BCUT2D eigenvalue weighted by Crippen LogP contribution is 2.29. The molecule has 2 rings (SSSR count). The Hall–Kier alpha value is -2.11. The third-order valence-corrected chi connectivity index (χ3v) is 3.34. The first-order chi connectivity index (χ1) is 9.70. The van der Waals surface area contributed by atoms with Crippen LogP contribution in [-0.4, -0.2) is 29.9 Å². The summed E-state index contributed by atoms with van der Waals surface area (Å²) in [6, 6.07) is 2.50. The number of benzene rings is 1. The van der Waals surface area contributed by atoms with E-state index in [1.165, 1.54) is 6.07 Å². The summed E-state index contributed by atoms with van der Waals surface area (Å²) >= 11 is 0. The van der Waals surface area contributed by atoms with Crippen molar-refractivity contribution in [2.75, 3.05) is 13.2 Å². The number of halogens is 1. The topological polar surface area (TPSA) is 72.6 Å². The summed E-state index contributed by atoms with van der Waals surface area (Å²) in [6.45, 7) is 6.18. The molecule has 0 bridgehead atoms. The number of nitrogens with two attached hydrogens (primary N) is 1. The SMILES string of the molecule is CC(C)(C)C(=O)N1CCOc2cc(C(N)=O)cc(F)c2C1. The van der Waals surface area contributed by atoms with Crippen LogP contribution in [0, 0.1) is 11.2 Å². The van der Waals surface area contributed by atoms with Gasteiger partial charge >= 0.3 is 0 Å². The lowest BCUT2D eigenvalue weighted by molar-refractivity contribution is -0.140. The molecule has 0 atom stereocenters. The van der Waals surface area contributed by atoms with Crippen LogP contribution >= 0.6 is 0 Å². The van der Waals surface area contributed by atoms with Crippen molar-refractivity contribution in [2.45, 2.75) is 27.3 Å². The first-order valence-corrected chi connectivity index (χ1v) is 6.74. The van der Waals surface area contributed by atoms with E-state index >= 15 is 0 Å². The second-order valence-corrected chi connectivity index (χ2v) is 6.12. The molecule has 0 aliphatic carbocycles. The molecule has 2 amide bonds. The van der Waals surface area contributed by atoms with Gasteiger partial charge < -0.3 is 15.4 Å². The van der Waals surface area contributed by atoms with E-state index in [-0.39, 0.29) is 35.9 Å². The van der Waals surface area contributed by atoms with Gasteiger partial charge in [-0.25, -0.2) is 4.39 Å². The van der Waals surface area contributed by atoms with Crippen molar-refractivity contribution < 1.29 is 18.7 Å². The molecule has 1 aromatic carbocycles. The largest absolute Gasteiger partial charge is 0.491 e. The molecule has 1 aromatic rings. The van der Waals surface area contributed by atoms with Crippen molar-refractivity contribution in [3.05, 3.63) is 29.1 Å². The van der Waals surface area contributed by atoms with Gasteiger partial charge in [0.15, 0.2) is 0 Å². The second-order valence-electron chi connectivity index (χ2n) is 6.12. The molecule has 6 heteroatoms. The summed E-state index contributed by atoms with van der Waals surface area (Å²) in [4.78, 5) is 25.1. The third-order valence-electron chi connectivity index (χ3n) is 3.34. The van der Waals surface area contributed by atoms with E-state index in [0.29, 0.717) is 6.54 Å². The average molecular weight is 294 g/mol. The number of primary amides is 1. The van der Waals surface area contributed by atoms with Crippen molar-refractivity contribution in [1.29, 1.82) is 0 Å². The molecule has 1 aliphatic heterocycles. The molecule has 114 valence electrons.